The summed E-state index contributed by atoms with van der Waals surface area (Å²) in [6.07, 6.45) is -3.21. The lowest BCUT2D eigenvalue weighted by Gasteiger charge is -2.25. The Morgan fingerprint density at radius 3 is 2.33 bits per heavy atom. The van der Waals surface area contributed by atoms with Crippen LogP contribution in [0.3, 0.4) is 0 Å². The number of hydrogen-bond acceptors (Lipinski definition) is 3. The van der Waals surface area contributed by atoms with Gasteiger partial charge in [0, 0.05) is 0 Å². The van der Waals surface area contributed by atoms with Crippen molar-refractivity contribution in [1.82, 2.24) is 5.32 Å². The summed E-state index contributed by atoms with van der Waals surface area (Å²) in [6.45, 7) is 5.13. The van der Waals surface area contributed by atoms with Crippen LogP contribution >= 0.6 is 0 Å². The number of aryl methyl sites for hydroxylation is 2. The van der Waals surface area contributed by atoms with Crippen molar-refractivity contribution in [2.24, 2.45) is 0 Å². The lowest BCUT2D eigenvalue weighted by Crippen LogP contribution is -2.41. The van der Waals surface area contributed by atoms with Crippen molar-refractivity contribution in [2.45, 2.75) is 39.4 Å². The average Bonchev–Trinajstić information content (AvgIpc) is 2.63. The molecule has 0 unspecified atom stereocenters. The second-order valence-corrected chi connectivity index (χ2v) is 9.11. The molecular formula is C21H25F3N2O3S. The zero-order chi connectivity index (χ0) is 22.7. The third-order valence-electron chi connectivity index (χ3n) is 4.69. The van der Waals surface area contributed by atoms with E-state index in [0.29, 0.717) is 10.7 Å². The molecule has 5 nitrogen and oxygen atoms in total. The smallest absolute Gasteiger partial charge is 0.348 e. The number of hydrogen-bond donors (Lipinski definition) is 1. The molecule has 0 aliphatic carbocycles. The zero-order valence-corrected chi connectivity index (χ0v) is 18.1. The first-order valence-corrected chi connectivity index (χ1v) is 11.2. The number of nitrogens with zero attached hydrogens (tertiary/aromatic N) is 1. The van der Waals surface area contributed by atoms with Gasteiger partial charge in [0.15, 0.2) is 0 Å². The molecule has 0 aromatic heterocycles. The molecule has 0 radical (unpaired) electrons. The van der Waals surface area contributed by atoms with Gasteiger partial charge in [0.25, 0.3) is 0 Å². The molecule has 0 spiro atoms. The molecule has 2 aromatic rings. The van der Waals surface area contributed by atoms with Crippen molar-refractivity contribution >= 4 is 21.6 Å². The van der Waals surface area contributed by atoms with Crippen LogP contribution in [0.5, 0.6) is 0 Å². The molecule has 0 fully saturated rings. The molecule has 30 heavy (non-hydrogen) atoms. The number of halogens is 3. The molecule has 0 aliphatic rings. The normalized spacial score (nSPS) is 13.0. The molecule has 2 aromatic carbocycles. The topological polar surface area (TPSA) is 66.5 Å². The molecule has 0 saturated heterocycles. The van der Waals surface area contributed by atoms with E-state index in [1.807, 2.05) is 39.0 Å². The van der Waals surface area contributed by atoms with Crippen molar-refractivity contribution in [3.63, 3.8) is 0 Å². The summed E-state index contributed by atoms with van der Waals surface area (Å²) >= 11 is 0. The number of rotatable bonds is 7. The SMILES string of the molecule is CC[C@@H](NC(=O)CN(c1cccc(C(F)(F)F)c1)S(C)(=O)=O)c1ccc(C)cc1C. The van der Waals surface area contributed by atoms with E-state index in [1.54, 1.807) is 0 Å². The van der Waals surface area contributed by atoms with E-state index >= 15 is 0 Å². The molecule has 2 rings (SSSR count). The first kappa shape index (κ1) is 23.7. The summed E-state index contributed by atoms with van der Waals surface area (Å²) < 4.78 is 64.1. The Hall–Kier alpha value is -2.55. The standard InChI is InChI=1S/C21H25F3N2O3S/c1-5-19(18-10-9-14(2)11-15(18)3)25-20(27)13-26(30(4,28)29)17-8-6-7-16(12-17)21(22,23)24/h6-12,19H,5,13H2,1-4H3,(H,25,27)/t19-/m1/s1. The first-order chi connectivity index (χ1) is 13.8. The van der Waals surface area contributed by atoms with Gasteiger partial charge in [-0.2, -0.15) is 13.2 Å². The van der Waals surface area contributed by atoms with Crippen molar-refractivity contribution in [3.05, 3.63) is 64.7 Å². The average molecular weight is 443 g/mol. The minimum absolute atomic E-state index is 0.220. The van der Waals surface area contributed by atoms with Crippen LogP contribution < -0.4 is 9.62 Å². The summed E-state index contributed by atoms with van der Waals surface area (Å²) in [5.41, 5.74) is 1.75. The largest absolute Gasteiger partial charge is 0.416 e. The van der Waals surface area contributed by atoms with Gasteiger partial charge in [-0.3, -0.25) is 9.10 Å². The maximum Gasteiger partial charge on any atom is 0.416 e. The van der Waals surface area contributed by atoms with Crippen LogP contribution in [-0.4, -0.2) is 27.1 Å². The second-order valence-electron chi connectivity index (χ2n) is 7.21. The number of benzene rings is 2. The Bertz CT molecular complexity index is 1020. The van der Waals surface area contributed by atoms with E-state index in [9.17, 15) is 26.4 Å². The van der Waals surface area contributed by atoms with Gasteiger partial charge in [-0.25, -0.2) is 8.42 Å². The predicted octanol–water partition coefficient (Wildman–Crippen LogP) is 4.36. The van der Waals surface area contributed by atoms with Crippen LogP contribution in [0, 0.1) is 13.8 Å². The maximum atomic E-state index is 13.0. The van der Waals surface area contributed by atoms with Gasteiger partial charge in [-0.15, -0.1) is 0 Å². The fourth-order valence-corrected chi connectivity index (χ4v) is 4.07. The van der Waals surface area contributed by atoms with E-state index in [0.717, 1.165) is 41.1 Å². The van der Waals surface area contributed by atoms with Crippen molar-refractivity contribution < 1.29 is 26.4 Å². The van der Waals surface area contributed by atoms with E-state index < -0.39 is 34.2 Å². The molecule has 1 atom stereocenters. The van der Waals surface area contributed by atoms with E-state index in [-0.39, 0.29) is 11.7 Å². The maximum absolute atomic E-state index is 13.0. The van der Waals surface area contributed by atoms with Gasteiger partial charge < -0.3 is 5.32 Å². The van der Waals surface area contributed by atoms with Crippen LogP contribution in [0.15, 0.2) is 42.5 Å². The van der Waals surface area contributed by atoms with Crippen molar-refractivity contribution in [1.29, 1.82) is 0 Å². The van der Waals surface area contributed by atoms with Gasteiger partial charge in [-0.05, 0) is 49.6 Å². The van der Waals surface area contributed by atoms with E-state index in [2.05, 4.69) is 5.32 Å². The Labute approximate surface area is 175 Å². The molecular weight excluding hydrogens is 417 g/mol. The highest BCUT2D eigenvalue weighted by Gasteiger charge is 2.32. The summed E-state index contributed by atoms with van der Waals surface area (Å²) in [4.78, 5) is 12.6. The third kappa shape index (κ3) is 5.98. The molecule has 1 N–H and O–H groups in total. The highest BCUT2D eigenvalue weighted by Crippen LogP contribution is 2.32. The molecule has 0 heterocycles. The fraction of sp³-hybridized carbons (Fsp3) is 0.381. The Morgan fingerprint density at radius 2 is 1.80 bits per heavy atom. The molecule has 0 aliphatic heterocycles. The van der Waals surface area contributed by atoms with Gasteiger partial charge >= 0.3 is 6.18 Å². The lowest BCUT2D eigenvalue weighted by molar-refractivity contribution is -0.137. The van der Waals surface area contributed by atoms with Crippen LogP contribution in [-0.2, 0) is 21.0 Å². The van der Waals surface area contributed by atoms with Crippen molar-refractivity contribution in [2.75, 3.05) is 17.1 Å². The number of nitrogens with one attached hydrogen (secondary N) is 1. The Balaban J connectivity index is 2.28. The number of carbonyl (C=O) groups excluding carboxylic acids is 1. The number of sulfonamides is 1. The predicted molar refractivity (Wildman–Crippen MR) is 111 cm³/mol. The summed E-state index contributed by atoms with van der Waals surface area (Å²) in [7, 11) is -3.99. The Morgan fingerprint density at radius 1 is 1.13 bits per heavy atom. The molecule has 164 valence electrons. The van der Waals surface area contributed by atoms with Crippen LogP contribution in [0.2, 0.25) is 0 Å². The van der Waals surface area contributed by atoms with Crippen molar-refractivity contribution in [3.8, 4) is 0 Å². The fourth-order valence-electron chi connectivity index (χ4n) is 3.22. The lowest BCUT2D eigenvalue weighted by atomic mass is 9.97. The molecule has 0 saturated carbocycles. The second kappa shape index (κ2) is 9.07. The Kier molecular flexibility index (Phi) is 7.18. The number of anilines is 1. The van der Waals surface area contributed by atoms with Gasteiger partial charge in [0.05, 0.1) is 23.5 Å². The molecule has 1 amide bonds. The van der Waals surface area contributed by atoms with Gasteiger partial charge in [0.2, 0.25) is 15.9 Å². The number of carbonyl (C=O) groups is 1. The minimum Gasteiger partial charge on any atom is -0.348 e. The monoisotopic (exact) mass is 442 g/mol. The van der Waals surface area contributed by atoms with Gasteiger partial charge in [0.1, 0.15) is 6.54 Å². The first-order valence-electron chi connectivity index (χ1n) is 9.34. The summed E-state index contributed by atoms with van der Waals surface area (Å²) in [5, 5.41) is 2.79. The van der Waals surface area contributed by atoms with Crippen LogP contribution in [0.4, 0.5) is 18.9 Å². The summed E-state index contributed by atoms with van der Waals surface area (Å²) in [5.74, 6) is -0.607. The molecule has 0 bridgehead atoms. The quantitative estimate of drug-likeness (QED) is 0.693. The van der Waals surface area contributed by atoms with E-state index in [1.165, 1.54) is 6.07 Å². The third-order valence-corrected chi connectivity index (χ3v) is 5.83. The highest BCUT2D eigenvalue weighted by molar-refractivity contribution is 7.92. The highest BCUT2D eigenvalue weighted by atomic mass is 32.2. The van der Waals surface area contributed by atoms with Gasteiger partial charge in [-0.1, -0.05) is 36.8 Å². The van der Waals surface area contributed by atoms with E-state index in [4.69, 9.17) is 0 Å². The van der Waals surface area contributed by atoms with Crippen LogP contribution in [0.1, 0.15) is 41.6 Å². The minimum atomic E-state index is -4.63. The summed E-state index contributed by atoms with van der Waals surface area (Å²) in [6, 6.07) is 9.36. The van der Waals surface area contributed by atoms with Crippen LogP contribution in [0.25, 0.3) is 0 Å². The number of amides is 1. The zero-order valence-electron chi connectivity index (χ0n) is 17.2. The molecule has 9 heteroatoms. The number of alkyl halides is 3.